The molecule has 114 valence electrons. The molecule has 0 saturated carbocycles. The van der Waals surface area contributed by atoms with E-state index in [1.54, 1.807) is 0 Å². The lowest BCUT2D eigenvalue weighted by atomic mass is 10.1. The Kier molecular flexibility index (Phi) is 3.22. The number of alkyl halides is 3. The second kappa shape index (κ2) is 4.82. The van der Waals surface area contributed by atoms with Crippen LogP contribution in [0.1, 0.15) is 18.4 Å². The number of rotatable bonds is 1. The van der Waals surface area contributed by atoms with Crippen molar-refractivity contribution in [2.75, 3.05) is 30.3 Å². The lowest BCUT2D eigenvalue weighted by Crippen LogP contribution is -2.51. The fourth-order valence-electron chi connectivity index (χ4n) is 3.10. The van der Waals surface area contributed by atoms with E-state index in [0.29, 0.717) is 31.7 Å². The molecule has 2 N–H and O–H groups in total. The molecule has 7 heteroatoms. The number of hydrogen-bond donors (Lipinski definition) is 1. The van der Waals surface area contributed by atoms with Crippen molar-refractivity contribution >= 4 is 17.3 Å². The summed E-state index contributed by atoms with van der Waals surface area (Å²) in [5.41, 5.74) is 5.79. The highest BCUT2D eigenvalue weighted by atomic mass is 19.4. The van der Waals surface area contributed by atoms with Crippen LogP contribution in [0.5, 0.6) is 0 Å². The number of piperazine rings is 1. The third-order valence-corrected chi connectivity index (χ3v) is 4.19. The number of carbonyl (C=O) groups is 1. The number of fused-ring (bicyclic) bond motifs is 1. The summed E-state index contributed by atoms with van der Waals surface area (Å²) in [5, 5.41) is 0. The van der Waals surface area contributed by atoms with E-state index >= 15 is 0 Å². The van der Waals surface area contributed by atoms with Crippen molar-refractivity contribution in [3.8, 4) is 0 Å². The van der Waals surface area contributed by atoms with Crippen LogP contribution in [0.15, 0.2) is 18.2 Å². The van der Waals surface area contributed by atoms with Crippen molar-refractivity contribution in [1.29, 1.82) is 0 Å². The third kappa shape index (κ3) is 2.52. The van der Waals surface area contributed by atoms with Crippen LogP contribution in [0, 0.1) is 0 Å². The number of hydrogen-bond acceptors (Lipinski definition) is 3. The minimum Gasteiger partial charge on any atom is -0.397 e. The normalized spacial score (nSPS) is 22.6. The predicted molar refractivity (Wildman–Crippen MR) is 72.8 cm³/mol. The molecular formula is C14H16F3N3O. The fourth-order valence-corrected chi connectivity index (χ4v) is 3.10. The van der Waals surface area contributed by atoms with Crippen molar-refractivity contribution in [3.05, 3.63) is 23.8 Å². The molecule has 1 unspecified atom stereocenters. The van der Waals surface area contributed by atoms with Crippen LogP contribution in [0.2, 0.25) is 0 Å². The Morgan fingerprint density at radius 2 is 2.00 bits per heavy atom. The van der Waals surface area contributed by atoms with Gasteiger partial charge >= 0.3 is 6.18 Å². The zero-order valence-electron chi connectivity index (χ0n) is 11.4. The summed E-state index contributed by atoms with van der Waals surface area (Å²) in [6.45, 7) is 1.82. The standard InChI is InChI=1S/C14H16F3N3O/c15-14(16,17)9-1-3-12(11(18)7-9)19-5-6-20-10(8-19)2-4-13(20)21/h1,3,7,10H,2,4-6,8,18H2. The highest BCUT2D eigenvalue weighted by Crippen LogP contribution is 2.35. The monoisotopic (exact) mass is 299 g/mol. The van der Waals surface area contributed by atoms with E-state index in [9.17, 15) is 18.0 Å². The molecule has 21 heavy (non-hydrogen) atoms. The van der Waals surface area contributed by atoms with Crippen molar-refractivity contribution < 1.29 is 18.0 Å². The van der Waals surface area contributed by atoms with E-state index in [-0.39, 0.29) is 17.6 Å². The Morgan fingerprint density at radius 1 is 1.24 bits per heavy atom. The van der Waals surface area contributed by atoms with Gasteiger partial charge in [-0.05, 0) is 24.6 Å². The maximum absolute atomic E-state index is 12.6. The zero-order valence-corrected chi connectivity index (χ0v) is 11.4. The molecular weight excluding hydrogens is 283 g/mol. The van der Waals surface area contributed by atoms with E-state index in [2.05, 4.69) is 0 Å². The maximum Gasteiger partial charge on any atom is 0.416 e. The molecule has 3 rings (SSSR count). The summed E-state index contributed by atoms with van der Waals surface area (Å²) < 4.78 is 37.9. The average molecular weight is 299 g/mol. The first-order chi connectivity index (χ1) is 9.86. The number of halogens is 3. The van der Waals surface area contributed by atoms with E-state index in [4.69, 9.17) is 5.73 Å². The van der Waals surface area contributed by atoms with Crippen LogP contribution >= 0.6 is 0 Å². The van der Waals surface area contributed by atoms with Gasteiger partial charge in [-0.1, -0.05) is 0 Å². The summed E-state index contributed by atoms with van der Waals surface area (Å²) in [7, 11) is 0. The first-order valence-electron chi connectivity index (χ1n) is 6.87. The Balaban J connectivity index is 1.80. The molecule has 1 aromatic carbocycles. The van der Waals surface area contributed by atoms with Gasteiger partial charge < -0.3 is 15.5 Å². The van der Waals surface area contributed by atoms with Gasteiger partial charge in [0.05, 0.1) is 16.9 Å². The van der Waals surface area contributed by atoms with Crippen LogP contribution in [-0.4, -0.2) is 36.5 Å². The van der Waals surface area contributed by atoms with Gasteiger partial charge in [0, 0.05) is 32.1 Å². The SMILES string of the molecule is Nc1cc(C(F)(F)F)ccc1N1CCN2C(=O)CCC2C1. The van der Waals surface area contributed by atoms with Gasteiger partial charge in [0.25, 0.3) is 0 Å². The van der Waals surface area contributed by atoms with Crippen LogP contribution in [0.3, 0.4) is 0 Å². The molecule has 0 radical (unpaired) electrons. The van der Waals surface area contributed by atoms with Crippen molar-refractivity contribution in [1.82, 2.24) is 4.90 Å². The van der Waals surface area contributed by atoms with E-state index in [1.165, 1.54) is 6.07 Å². The number of nitrogen functional groups attached to an aromatic ring is 1. The Labute approximate surface area is 120 Å². The summed E-state index contributed by atoms with van der Waals surface area (Å²) in [5.74, 6) is 0.167. The zero-order chi connectivity index (χ0) is 15.2. The number of benzene rings is 1. The molecule has 2 saturated heterocycles. The van der Waals surface area contributed by atoms with Gasteiger partial charge in [0.2, 0.25) is 5.91 Å². The Bertz CT molecular complexity index is 573. The number of nitrogens with zero attached hydrogens (tertiary/aromatic N) is 2. The third-order valence-electron chi connectivity index (χ3n) is 4.19. The predicted octanol–water partition coefficient (Wildman–Crippen LogP) is 2.10. The lowest BCUT2D eigenvalue weighted by Gasteiger charge is -2.39. The number of carbonyl (C=O) groups excluding carboxylic acids is 1. The van der Waals surface area contributed by atoms with Gasteiger partial charge in [0.15, 0.2) is 0 Å². The Morgan fingerprint density at radius 3 is 2.67 bits per heavy atom. The first kappa shape index (κ1) is 14.0. The van der Waals surface area contributed by atoms with Crippen LogP contribution < -0.4 is 10.6 Å². The smallest absolute Gasteiger partial charge is 0.397 e. The molecule has 4 nitrogen and oxygen atoms in total. The molecule has 0 aliphatic carbocycles. The molecule has 1 aromatic rings. The molecule has 1 atom stereocenters. The largest absolute Gasteiger partial charge is 0.416 e. The van der Waals surface area contributed by atoms with E-state index < -0.39 is 11.7 Å². The van der Waals surface area contributed by atoms with Gasteiger partial charge in [-0.15, -0.1) is 0 Å². The van der Waals surface area contributed by atoms with Crippen molar-refractivity contribution in [2.45, 2.75) is 25.1 Å². The van der Waals surface area contributed by atoms with Crippen molar-refractivity contribution in [2.24, 2.45) is 0 Å². The summed E-state index contributed by atoms with van der Waals surface area (Å²) in [4.78, 5) is 15.5. The quantitative estimate of drug-likeness (QED) is 0.808. The summed E-state index contributed by atoms with van der Waals surface area (Å²) >= 11 is 0. The maximum atomic E-state index is 12.6. The average Bonchev–Trinajstić information content (AvgIpc) is 2.79. The van der Waals surface area contributed by atoms with Crippen LogP contribution in [-0.2, 0) is 11.0 Å². The Hall–Kier alpha value is -1.92. The number of amides is 1. The summed E-state index contributed by atoms with van der Waals surface area (Å²) in [6.07, 6.45) is -3.03. The molecule has 2 aliphatic rings. The number of anilines is 2. The molecule has 1 amide bonds. The first-order valence-corrected chi connectivity index (χ1v) is 6.87. The second-order valence-corrected chi connectivity index (χ2v) is 5.50. The molecule has 0 aromatic heterocycles. The van der Waals surface area contributed by atoms with E-state index in [1.807, 2.05) is 9.80 Å². The summed E-state index contributed by atoms with van der Waals surface area (Å²) in [6, 6.07) is 3.59. The van der Waals surface area contributed by atoms with Gasteiger partial charge in [-0.2, -0.15) is 13.2 Å². The highest BCUT2D eigenvalue weighted by molar-refractivity contribution is 5.79. The van der Waals surface area contributed by atoms with E-state index in [0.717, 1.165) is 18.6 Å². The molecule has 0 bridgehead atoms. The van der Waals surface area contributed by atoms with Gasteiger partial charge in [0.1, 0.15) is 0 Å². The topological polar surface area (TPSA) is 49.6 Å². The van der Waals surface area contributed by atoms with Gasteiger partial charge in [-0.3, -0.25) is 4.79 Å². The minimum absolute atomic E-state index is 0.127. The van der Waals surface area contributed by atoms with Gasteiger partial charge in [-0.25, -0.2) is 0 Å². The lowest BCUT2D eigenvalue weighted by molar-refractivity contribution is -0.137. The van der Waals surface area contributed by atoms with Crippen molar-refractivity contribution in [3.63, 3.8) is 0 Å². The van der Waals surface area contributed by atoms with Crippen LogP contribution in [0.4, 0.5) is 24.5 Å². The van der Waals surface area contributed by atoms with Crippen LogP contribution in [0.25, 0.3) is 0 Å². The second-order valence-electron chi connectivity index (χ2n) is 5.50. The molecule has 2 aliphatic heterocycles. The molecule has 0 spiro atoms. The highest BCUT2D eigenvalue weighted by Gasteiger charge is 2.36. The number of nitrogens with two attached hydrogens (primary N) is 1. The molecule has 2 heterocycles. The fraction of sp³-hybridized carbons (Fsp3) is 0.500. The molecule has 2 fully saturated rings. The minimum atomic E-state index is -4.39.